The standard InChI is InChI=1S/C18H22N2O6/c1-5-10-25-14-8-6-13(11-15(14)24-4)7-9-16(21)26-12(2)17(22)20-18(23)19-3/h5-9,11-12H,1,10H2,2-4H3,(H2,19,20,22,23)/b9-7+/t12-/m0/s1. The number of carbonyl (C=O) groups is 3. The van der Waals surface area contributed by atoms with E-state index in [0.29, 0.717) is 23.7 Å². The zero-order chi connectivity index (χ0) is 19.5. The van der Waals surface area contributed by atoms with Crippen LogP contribution in [0.5, 0.6) is 11.5 Å². The number of methoxy groups -OCH3 is 1. The minimum absolute atomic E-state index is 0.341. The Morgan fingerprint density at radius 1 is 1.27 bits per heavy atom. The van der Waals surface area contributed by atoms with Gasteiger partial charge in [0, 0.05) is 13.1 Å². The van der Waals surface area contributed by atoms with Crippen LogP contribution in [0.25, 0.3) is 6.08 Å². The van der Waals surface area contributed by atoms with Gasteiger partial charge in [-0.05, 0) is 30.7 Å². The Hall–Kier alpha value is -3.29. The van der Waals surface area contributed by atoms with Crippen LogP contribution in [0.15, 0.2) is 36.9 Å². The number of hydrogen-bond acceptors (Lipinski definition) is 6. The first-order chi connectivity index (χ1) is 12.4. The number of esters is 1. The van der Waals surface area contributed by atoms with Gasteiger partial charge in [-0.15, -0.1) is 0 Å². The van der Waals surface area contributed by atoms with Crippen LogP contribution in [0.2, 0.25) is 0 Å². The number of benzene rings is 1. The second-order valence-electron chi connectivity index (χ2n) is 4.99. The molecule has 2 N–H and O–H groups in total. The molecule has 1 aromatic carbocycles. The first kappa shape index (κ1) is 20.8. The minimum atomic E-state index is -1.12. The Labute approximate surface area is 151 Å². The molecule has 0 aromatic heterocycles. The Kier molecular flexibility index (Phi) is 8.42. The molecule has 0 saturated carbocycles. The van der Waals surface area contributed by atoms with Crippen molar-refractivity contribution >= 4 is 24.0 Å². The number of ether oxygens (including phenoxy) is 3. The molecule has 140 valence electrons. The average molecular weight is 362 g/mol. The van der Waals surface area contributed by atoms with E-state index in [9.17, 15) is 14.4 Å². The maximum atomic E-state index is 11.8. The van der Waals surface area contributed by atoms with Crippen molar-refractivity contribution in [2.24, 2.45) is 0 Å². The molecule has 0 radical (unpaired) electrons. The lowest BCUT2D eigenvalue weighted by Gasteiger charge is -2.11. The number of nitrogens with one attached hydrogen (secondary N) is 2. The van der Waals surface area contributed by atoms with Crippen LogP contribution in [0, 0.1) is 0 Å². The van der Waals surface area contributed by atoms with Crippen molar-refractivity contribution < 1.29 is 28.6 Å². The van der Waals surface area contributed by atoms with E-state index in [-0.39, 0.29) is 0 Å². The molecule has 0 unspecified atom stereocenters. The van der Waals surface area contributed by atoms with Crippen molar-refractivity contribution in [3.63, 3.8) is 0 Å². The lowest BCUT2D eigenvalue weighted by molar-refractivity contribution is -0.149. The van der Waals surface area contributed by atoms with Crippen molar-refractivity contribution in [3.8, 4) is 11.5 Å². The van der Waals surface area contributed by atoms with Crippen LogP contribution in [0.3, 0.4) is 0 Å². The fraction of sp³-hybridized carbons (Fsp3) is 0.278. The maximum absolute atomic E-state index is 11.8. The molecule has 3 amide bonds. The van der Waals surface area contributed by atoms with Gasteiger partial charge in [-0.1, -0.05) is 18.7 Å². The summed E-state index contributed by atoms with van der Waals surface area (Å²) in [5.41, 5.74) is 0.673. The van der Waals surface area contributed by atoms with E-state index >= 15 is 0 Å². The van der Waals surface area contributed by atoms with Gasteiger partial charge in [0.1, 0.15) is 6.61 Å². The van der Waals surface area contributed by atoms with Gasteiger partial charge in [0.25, 0.3) is 5.91 Å². The van der Waals surface area contributed by atoms with Crippen molar-refractivity contribution in [3.05, 3.63) is 42.5 Å². The maximum Gasteiger partial charge on any atom is 0.331 e. The van der Waals surface area contributed by atoms with Gasteiger partial charge in [0.2, 0.25) is 0 Å². The van der Waals surface area contributed by atoms with E-state index in [2.05, 4.69) is 11.9 Å². The Bertz CT molecular complexity index is 699. The SMILES string of the molecule is C=CCOc1ccc(/C=C/C(=O)O[C@@H](C)C(=O)NC(=O)NC)cc1OC. The number of rotatable bonds is 8. The molecule has 0 bridgehead atoms. The van der Waals surface area contributed by atoms with Crippen LogP contribution >= 0.6 is 0 Å². The lowest BCUT2D eigenvalue weighted by atomic mass is 10.2. The quantitative estimate of drug-likeness (QED) is 0.414. The molecule has 0 heterocycles. The van der Waals surface area contributed by atoms with Gasteiger partial charge in [-0.25, -0.2) is 9.59 Å². The summed E-state index contributed by atoms with van der Waals surface area (Å²) in [6, 6.07) is 4.43. The van der Waals surface area contributed by atoms with Gasteiger partial charge in [0.15, 0.2) is 17.6 Å². The molecular weight excluding hydrogens is 340 g/mol. The zero-order valence-corrected chi connectivity index (χ0v) is 14.9. The van der Waals surface area contributed by atoms with E-state index in [4.69, 9.17) is 14.2 Å². The Morgan fingerprint density at radius 2 is 2.00 bits per heavy atom. The minimum Gasteiger partial charge on any atom is -0.493 e. The van der Waals surface area contributed by atoms with Crippen LogP contribution < -0.4 is 20.1 Å². The van der Waals surface area contributed by atoms with Crippen molar-refractivity contribution in [1.29, 1.82) is 0 Å². The molecule has 0 aliphatic heterocycles. The molecule has 26 heavy (non-hydrogen) atoms. The van der Waals surface area contributed by atoms with Crippen LogP contribution in [0.1, 0.15) is 12.5 Å². The molecule has 0 aliphatic rings. The van der Waals surface area contributed by atoms with Gasteiger partial charge < -0.3 is 19.5 Å². The topological polar surface area (TPSA) is 103 Å². The highest BCUT2D eigenvalue weighted by Gasteiger charge is 2.18. The normalized spacial score (nSPS) is 11.3. The number of carbonyl (C=O) groups excluding carboxylic acids is 3. The molecule has 1 rings (SSSR count). The summed E-state index contributed by atoms with van der Waals surface area (Å²) < 4.78 is 15.6. The first-order valence-corrected chi connectivity index (χ1v) is 7.74. The molecule has 0 aliphatic carbocycles. The molecule has 1 aromatic rings. The van der Waals surface area contributed by atoms with E-state index < -0.39 is 24.0 Å². The average Bonchev–Trinajstić information content (AvgIpc) is 2.64. The third-order valence-corrected chi connectivity index (χ3v) is 3.08. The summed E-state index contributed by atoms with van der Waals surface area (Å²) in [7, 11) is 2.87. The van der Waals surface area contributed by atoms with E-state index in [1.165, 1.54) is 33.2 Å². The zero-order valence-electron chi connectivity index (χ0n) is 14.9. The highest BCUT2D eigenvalue weighted by atomic mass is 16.5. The predicted octanol–water partition coefficient (Wildman–Crippen LogP) is 1.66. The lowest BCUT2D eigenvalue weighted by Crippen LogP contribution is -2.43. The number of amides is 3. The smallest absolute Gasteiger partial charge is 0.331 e. The second-order valence-corrected chi connectivity index (χ2v) is 4.99. The van der Waals surface area contributed by atoms with E-state index in [1.807, 2.05) is 5.32 Å². The van der Waals surface area contributed by atoms with Crippen LogP contribution in [-0.4, -0.2) is 44.8 Å². The monoisotopic (exact) mass is 362 g/mol. The summed E-state index contributed by atoms with van der Waals surface area (Å²) >= 11 is 0. The molecule has 0 spiro atoms. The summed E-state index contributed by atoms with van der Waals surface area (Å²) in [6.45, 7) is 5.28. The van der Waals surface area contributed by atoms with Crippen LogP contribution in [0.4, 0.5) is 4.79 Å². The highest BCUT2D eigenvalue weighted by molar-refractivity contribution is 5.97. The number of hydrogen-bond donors (Lipinski definition) is 2. The third kappa shape index (κ3) is 6.68. The largest absolute Gasteiger partial charge is 0.493 e. The van der Waals surface area contributed by atoms with Crippen molar-refractivity contribution in [2.75, 3.05) is 20.8 Å². The van der Waals surface area contributed by atoms with Gasteiger partial charge in [-0.2, -0.15) is 0 Å². The molecule has 1 atom stereocenters. The van der Waals surface area contributed by atoms with E-state index in [1.54, 1.807) is 24.3 Å². The summed E-state index contributed by atoms with van der Waals surface area (Å²) in [5.74, 6) is -0.403. The van der Waals surface area contributed by atoms with Crippen molar-refractivity contribution in [1.82, 2.24) is 10.6 Å². The van der Waals surface area contributed by atoms with Gasteiger partial charge in [0.05, 0.1) is 7.11 Å². The molecule has 8 heteroatoms. The highest BCUT2D eigenvalue weighted by Crippen LogP contribution is 2.28. The summed E-state index contributed by atoms with van der Waals surface area (Å²) in [6.07, 6.45) is 3.17. The van der Waals surface area contributed by atoms with Gasteiger partial charge in [-0.3, -0.25) is 10.1 Å². The Morgan fingerprint density at radius 3 is 2.62 bits per heavy atom. The molecule has 8 nitrogen and oxygen atoms in total. The third-order valence-electron chi connectivity index (χ3n) is 3.08. The van der Waals surface area contributed by atoms with Crippen molar-refractivity contribution in [2.45, 2.75) is 13.0 Å². The number of imide groups is 1. The number of urea groups is 1. The molecule has 0 fully saturated rings. The molecular formula is C18H22N2O6. The van der Waals surface area contributed by atoms with Crippen LogP contribution in [-0.2, 0) is 14.3 Å². The fourth-order valence-corrected chi connectivity index (χ4v) is 1.76. The second kappa shape index (κ2) is 10.5. The first-order valence-electron chi connectivity index (χ1n) is 7.74. The summed E-state index contributed by atoms with van der Waals surface area (Å²) in [4.78, 5) is 34.5. The fourth-order valence-electron chi connectivity index (χ4n) is 1.76. The van der Waals surface area contributed by atoms with E-state index in [0.717, 1.165) is 0 Å². The predicted molar refractivity (Wildman–Crippen MR) is 95.9 cm³/mol. The Balaban J connectivity index is 2.68. The molecule has 0 saturated heterocycles. The van der Waals surface area contributed by atoms with Gasteiger partial charge >= 0.3 is 12.0 Å². The summed E-state index contributed by atoms with van der Waals surface area (Å²) in [5, 5.41) is 4.24.